The highest BCUT2D eigenvalue weighted by Gasteiger charge is 2.38. The van der Waals surface area contributed by atoms with Crippen molar-refractivity contribution < 1.29 is 4.42 Å². The van der Waals surface area contributed by atoms with Crippen LogP contribution in [0.25, 0.3) is 76.9 Å². The van der Waals surface area contributed by atoms with Crippen LogP contribution in [0.2, 0.25) is 0 Å². The van der Waals surface area contributed by atoms with E-state index in [1.807, 2.05) is 0 Å². The molecule has 0 aliphatic heterocycles. The summed E-state index contributed by atoms with van der Waals surface area (Å²) in [7, 11) is 0. The molecule has 0 spiro atoms. The normalized spacial score (nSPS) is 13.1. The molecule has 2 nitrogen and oxygen atoms in total. The van der Waals surface area contributed by atoms with Crippen LogP contribution < -0.4 is 4.90 Å². The van der Waals surface area contributed by atoms with Gasteiger partial charge in [0.05, 0.1) is 11.4 Å². The lowest BCUT2D eigenvalue weighted by molar-refractivity contribution is 0.660. The standard InChI is InChI=1S/C53H37NO/c1-53(2)46-24-9-7-21-44(46)51-47(53)25-13-27-49(51)54(40-19-11-18-36(31-40)39-29-28-34-14-3-4-15-35(34)30-39)48-26-10-8-20-41(48)42-22-12-23-43-45-32-37-16-5-6-17-38(37)33-50(45)55-52(42)43/h3-33H,1-2H3. The molecule has 0 N–H and O–H groups in total. The van der Waals surface area contributed by atoms with Crippen LogP contribution >= 0.6 is 0 Å². The number of fused-ring (bicyclic) bond motifs is 8. The molecule has 0 atom stereocenters. The average molecular weight is 704 g/mol. The van der Waals surface area contributed by atoms with Gasteiger partial charge < -0.3 is 9.32 Å². The second kappa shape index (κ2) is 12.1. The van der Waals surface area contributed by atoms with Gasteiger partial charge in [-0.05, 0) is 91.8 Å². The third-order valence-electron chi connectivity index (χ3n) is 11.8. The number of furan rings is 1. The second-order valence-corrected chi connectivity index (χ2v) is 15.3. The van der Waals surface area contributed by atoms with Gasteiger partial charge in [-0.3, -0.25) is 0 Å². The van der Waals surface area contributed by atoms with E-state index in [1.54, 1.807) is 0 Å². The quantitative estimate of drug-likeness (QED) is 0.177. The maximum atomic E-state index is 6.83. The number of hydrogen-bond donors (Lipinski definition) is 0. The monoisotopic (exact) mass is 703 g/mol. The van der Waals surface area contributed by atoms with Crippen molar-refractivity contribution in [2.45, 2.75) is 19.3 Å². The zero-order chi connectivity index (χ0) is 36.7. The fourth-order valence-corrected chi connectivity index (χ4v) is 9.11. The molecule has 0 bridgehead atoms. The van der Waals surface area contributed by atoms with Crippen molar-refractivity contribution in [1.29, 1.82) is 0 Å². The molecule has 11 rings (SSSR count). The summed E-state index contributed by atoms with van der Waals surface area (Å²) in [6.07, 6.45) is 0. The Bertz CT molecular complexity index is 3150. The van der Waals surface area contributed by atoms with Gasteiger partial charge in [-0.1, -0.05) is 159 Å². The van der Waals surface area contributed by atoms with Gasteiger partial charge in [0, 0.05) is 38.6 Å². The summed E-state index contributed by atoms with van der Waals surface area (Å²) in [5.41, 5.74) is 14.8. The second-order valence-electron chi connectivity index (χ2n) is 15.3. The first-order chi connectivity index (χ1) is 27.0. The molecule has 1 aliphatic rings. The third kappa shape index (κ3) is 4.88. The van der Waals surface area contributed by atoms with E-state index in [1.165, 1.54) is 54.9 Å². The van der Waals surface area contributed by atoms with E-state index in [0.29, 0.717) is 0 Å². The Hall–Kier alpha value is -6.90. The Balaban J connectivity index is 1.17. The largest absolute Gasteiger partial charge is 0.455 e. The zero-order valence-electron chi connectivity index (χ0n) is 30.8. The SMILES string of the molecule is CC1(C)c2ccccc2-c2c(N(c3cccc(-c4ccc5ccccc5c4)c3)c3ccccc3-c3cccc4c3oc3cc5ccccc5cc34)cccc21. The van der Waals surface area contributed by atoms with Gasteiger partial charge >= 0.3 is 0 Å². The molecule has 55 heavy (non-hydrogen) atoms. The molecule has 0 amide bonds. The van der Waals surface area contributed by atoms with E-state index < -0.39 is 0 Å². The van der Waals surface area contributed by atoms with E-state index in [2.05, 4.69) is 207 Å². The predicted molar refractivity (Wildman–Crippen MR) is 232 cm³/mol. The van der Waals surface area contributed by atoms with Gasteiger partial charge in [0.1, 0.15) is 11.2 Å². The maximum absolute atomic E-state index is 6.83. The van der Waals surface area contributed by atoms with Crippen LogP contribution in [0.5, 0.6) is 0 Å². The lowest BCUT2D eigenvalue weighted by atomic mass is 9.82. The van der Waals surface area contributed by atoms with Crippen molar-refractivity contribution in [3.05, 3.63) is 199 Å². The van der Waals surface area contributed by atoms with Crippen LogP contribution in [-0.4, -0.2) is 0 Å². The number of hydrogen-bond acceptors (Lipinski definition) is 2. The fourth-order valence-electron chi connectivity index (χ4n) is 9.11. The van der Waals surface area contributed by atoms with Gasteiger partial charge in [0.15, 0.2) is 0 Å². The molecule has 0 saturated carbocycles. The Morgan fingerprint density at radius 1 is 0.418 bits per heavy atom. The first kappa shape index (κ1) is 31.6. The topological polar surface area (TPSA) is 16.4 Å². The van der Waals surface area contributed by atoms with Crippen molar-refractivity contribution in [2.75, 3.05) is 4.90 Å². The molecule has 1 heterocycles. The first-order valence-corrected chi connectivity index (χ1v) is 19.1. The number of para-hydroxylation sites is 2. The van der Waals surface area contributed by atoms with Crippen LogP contribution in [-0.2, 0) is 5.41 Å². The predicted octanol–water partition coefficient (Wildman–Crippen LogP) is 15.0. The summed E-state index contributed by atoms with van der Waals surface area (Å²) >= 11 is 0. The average Bonchev–Trinajstić information content (AvgIpc) is 3.71. The minimum atomic E-state index is -0.135. The Labute approximate surface area is 320 Å². The van der Waals surface area contributed by atoms with E-state index in [9.17, 15) is 0 Å². The number of anilines is 3. The molecule has 0 radical (unpaired) electrons. The van der Waals surface area contributed by atoms with Crippen molar-refractivity contribution in [3.8, 4) is 33.4 Å². The van der Waals surface area contributed by atoms with Crippen molar-refractivity contribution in [2.24, 2.45) is 0 Å². The van der Waals surface area contributed by atoms with E-state index in [4.69, 9.17) is 4.42 Å². The maximum Gasteiger partial charge on any atom is 0.143 e. The highest BCUT2D eigenvalue weighted by atomic mass is 16.3. The van der Waals surface area contributed by atoms with Gasteiger partial charge in [-0.2, -0.15) is 0 Å². The van der Waals surface area contributed by atoms with Crippen LogP contribution in [0.15, 0.2) is 192 Å². The molecule has 1 aliphatic carbocycles. The summed E-state index contributed by atoms with van der Waals surface area (Å²) in [4.78, 5) is 2.48. The Kier molecular flexibility index (Phi) is 6.93. The molecule has 9 aromatic carbocycles. The van der Waals surface area contributed by atoms with Crippen LogP contribution in [0.1, 0.15) is 25.0 Å². The fraction of sp³-hybridized carbons (Fsp3) is 0.0566. The van der Waals surface area contributed by atoms with Crippen LogP contribution in [0.3, 0.4) is 0 Å². The molecule has 1 aromatic heterocycles. The van der Waals surface area contributed by atoms with Gasteiger partial charge in [-0.15, -0.1) is 0 Å². The molecule has 260 valence electrons. The summed E-state index contributed by atoms with van der Waals surface area (Å²) in [6.45, 7) is 4.71. The Morgan fingerprint density at radius 2 is 1.04 bits per heavy atom. The minimum Gasteiger partial charge on any atom is -0.455 e. The molecule has 0 fully saturated rings. The molecule has 0 unspecified atom stereocenters. The first-order valence-electron chi connectivity index (χ1n) is 19.1. The summed E-state index contributed by atoms with van der Waals surface area (Å²) in [5.74, 6) is 0. The molecule has 10 aromatic rings. The Morgan fingerprint density at radius 3 is 1.89 bits per heavy atom. The molecular weight excluding hydrogens is 667 g/mol. The smallest absolute Gasteiger partial charge is 0.143 e. The van der Waals surface area contributed by atoms with E-state index in [0.717, 1.165) is 50.1 Å². The summed E-state index contributed by atoms with van der Waals surface area (Å²) in [5, 5.41) is 7.12. The van der Waals surface area contributed by atoms with E-state index >= 15 is 0 Å². The highest BCUT2D eigenvalue weighted by Crippen LogP contribution is 2.55. The molecular formula is C53H37NO. The van der Waals surface area contributed by atoms with Gasteiger partial charge in [0.2, 0.25) is 0 Å². The van der Waals surface area contributed by atoms with Crippen molar-refractivity contribution >= 4 is 60.5 Å². The zero-order valence-corrected chi connectivity index (χ0v) is 30.8. The summed E-state index contributed by atoms with van der Waals surface area (Å²) in [6, 6.07) is 68.5. The van der Waals surface area contributed by atoms with Crippen LogP contribution in [0, 0.1) is 0 Å². The van der Waals surface area contributed by atoms with Crippen molar-refractivity contribution in [1.82, 2.24) is 0 Å². The number of nitrogens with zero attached hydrogens (tertiary/aromatic N) is 1. The minimum absolute atomic E-state index is 0.135. The number of benzene rings is 9. The molecule has 0 saturated heterocycles. The van der Waals surface area contributed by atoms with Gasteiger partial charge in [0.25, 0.3) is 0 Å². The van der Waals surface area contributed by atoms with Crippen LogP contribution in [0.4, 0.5) is 17.1 Å². The lowest BCUT2D eigenvalue weighted by Crippen LogP contribution is -2.16. The van der Waals surface area contributed by atoms with E-state index in [-0.39, 0.29) is 5.41 Å². The van der Waals surface area contributed by atoms with Gasteiger partial charge in [-0.25, -0.2) is 0 Å². The van der Waals surface area contributed by atoms with Crippen molar-refractivity contribution in [3.63, 3.8) is 0 Å². The third-order valence-corrected chi connectivity index (χ3v) is 11.8. The molecule has 2 heteroatoms. The lowest BCUT2D eigenvalue weighted by Gasteiger charge is -2.31. The highest BCUT2D eigenvalue weighted by molar-refractivity contribution is 6.14. The summed E-state index contributed by atoms with van der Waals surface area (Å²) < 4.78 is 6.83. The number of rotatable bonds is 5.